The zero-order valence-electron chi connectivity index (χ0n) is 9.66. The van der Waals surface area contributed by atoms with E-state index in [4.69, 9.17) is 4.84 Å². The van der Waals surface area contributed by atoms with Gasteiger partial charge in [-0.25, -0.2) is 0 Å². The van der Waals surface area contributed by atoms with Crippen LogP contribution in [0.25, 0.3) is 6.08 Å². The number of rotatable bonds is 7. The van der Waals surface area contributed by atoms with Gasteiger partial charge in [0.05, 0.1) is 11.5 Å². The Morgan fingerprint density at radius 1 is 1.56 bits per heavy atom. The summed E-state index contributed by atoms with van der Waals surface area (Å²) in [7, 11) is 0. The van der Waals surface area contributed by atoms with Crippen molar-refractivity contribution in [1.29, 1.82) is 0 Å². The number of hydroxylamine groups is 1. The molecule has 0 saturated heterocycles. The molecule has 0 aliphatic carbocycles. The molecule has 0 radical (unpaired) electrons. The monoisotopic (exact) mass is 239 g/mol. The van der Waals surface area contributed by atoms with Gasteiger partial charge in [0, 0.05) is 11.1 Å². The zero-order chi connectivity index (χ0) is 11.8. The van der Waals surface area contributed by atoms with Crippen molar-refractivity contribution in [3.63, 3.8) is 0 Å². The lowest BCUT2D eigenvalue weighted by molar-refractivity contribution is 0.0696. The fourth-order valence-electron chi connectivity index (χ4n) is 1.07. The quantitative estimate of drug-likeness (QED) is 0.451. The number of hydrogen-bond donors (Lipinski definition) is 1. The Labute approximate surface area is 100 Å². The lowest BCUT2D eigenvalue weighted by Crippen LogP contribution is -2.06. The van der Waals surface area contributed by atoms with Gasteiger partial charge in [-0.05, 0) is 31.6 Å². The minimum absolute atomic E-state index is 0.108. The van der Waals surface area contributed by atoms with Gasteiger partial charge in [0.2, 0.25) is 0 Å². The van der Waals surface area contributed by atoms with Crippen LogP contribution in [0.1, 0.15) is 41.2 Å². The van der Waals surface area contributed by atoms with Crippen molar-refractivity contribution in [2.24, 2.45) is 0 Å². The number of carbonyl (C=O) groups is 1. The van der Waals surface area contributed by atoms with Crippen LogP contribution in [-0.2, 0) is 4.84 Å². The highest BCUT2D eigenvalue weighted by Crippen LogP contribution is 2.17. The lowest BCUT2D eigenvalue weighted by atomic mass is 10.3. The van der Waals surface area contributed by atoms with E-state index in [1.807, 2.05) is 18.2 Å². The van der Waals surface area contributed by atoms with E-state index in [0.29, 0.717) is 6.61 Å². The summed E-state index contributed by atoms with van der Waals surface area (Å²) < 4.78 is 0. The first-order chi connectivity index (χ1) is 7.74. The number of hydrogen-bond acceptors (Lipinski definition) is 4. The van der Waals surface area contributed by atoms with Crippen molar-refractivity contribution >= 4 is 23.2 Å². The Bertz CT molecular complexity index is 358. The molecule has 0 unspecified atom stereocenters. The van der Waals surface area contributed by atoms with Crippen molar-refractivity contribution in [3.05, 3.63) is 28.1 Å². The SMILES string of the molecule is CCCCONC=Cc1ccc(C(C)=O)s1. The summed E-state index contributed by atoms with van der Waals surface area (Å²) in [5.41, 5.74) is 2.75. The minimum atomic E-state index is 0.108. The molecule has 0 amide bonds. The van der Waals surface area contributed by atoms with E-state index in [0.717, 1.165) is 22.6 Å². The third-order valence-corrected chi connectivity index (χ3v) is 3.12. The van der Waals surface area contributed by atoms with Crippen LogP contribution in [-0.4, -0.2) is 12.4 Å². The van der Waals surface area contributed by atoms with Crippen LogP contribution in [0.3, 0.4) is 0 Å². The zero-order valence-corrected chi connectivity index (χ0v) is 10.5. The van der Waals surface area contributed by atoms with Crippen LogP contribution in [0.2, 0.25) is 0 Å². The van der Waals surface area contributed by atoms with Gasteiger partial charge in [0.1, 0.15) is 0 Å². The molecule has 0 fully saturated rings. The fourth-order valence-corrected chi connectivity index (χ4v) is 1.88. The number of carbonyl (C=O) groups excluding carboxylic acids is 1. The largest absolute Gasteiger partial charge is 0.294 e. The molecular formula is C12H17NO2S. The smallest absolute Gasteiger partial charge is 0.169 e. The minimum Gasteiger partial charge on any atom is -0.294 e. The molecule has 0 spiro atoms. The summed E-state index contributed by atoms with van der Waals surface area (Å²) in [6.07, 6.45) is 5.81. The van der Waals surface area contributed by atoms with E-state index >= 15 is 0 Å². The van der Waals surface area contributed by atoms with Gasteiger partial charge >= 0.3 is 0 Å². The predicted molar refractivity (Wildman–Crippen MR) is 67.4 cm³/mol. The Hall–Kier alpha value is -1.13. The number of Topliss-reactive ketones (excluding diaryl/α,β-unsaturated/α-hetero) is 1. The molecule has 0 aromatic carbocycles. The second-order valence-corrected chi connectivity index (χ2v) is 4.53. The Balaban J connectivity index is 2.30. The molecule has 0 atom stereocenters. The third-order valence-electron chi connectivity index (χ3n) is 1.97. The summed E-state index contributed by atoms with van der Waals surface area (Å²) >= 11 is 1.48. The topological polar surface area (TPSA) is 38.3 Å². The first-order valence-corrected chi connectivity index (χ1v) is 6.20. The Kier molecular flexibility index (Phi) is 5.82. The maximum Gasteiger partial charge on any atom is 0.169 e. The molecule has 1 aromatic heterocycles. The molecule has 1 N–H and O–H groups in total. The van der Waals surface area contributed by atoms with Gasteiger partial charge < -0.3 is 0 Å². The molecule has 0 saturated carbocycles. The van der Waals surface area contributed by atoms with Gasteiger partial charge in [-0.3, -0.25) is 15.1 Å². The van der Waals surface area contributed by atoms with E-state index < -0.39 is 0 Å². The molecule has 0 bridgehead atoms. The molecule has 3 nitrogen and oxygen atoms in total. The average Bonchev–Trinajstić information content (AvgIpc) is 2.72. The second kappa shape index (κ2) is 7.19. The highest BCUT2D eigenvalue weighted by atomic mass is 32.1. The molecule has 4 heteroatoms. The van der Waals surface area contributed by atoms with E-state index in [-0.39, 0.29) is 5.78 Å². The molecule has 0 aliphatic rings. The summed E-state index contributed by atoms with van der Waals surface area (Å²) in [5, 5.41) is 0. The highest BCUT2D eigenvalue weighted by Gasteiger charge is 2.01. The number of thiophene rings is 1. The predicted octanol–water partition coefficient (Wildman–Crippen LogP) is 3.24. The summed E-state index contributed by atoms with van der Waals surface area (Å²) in [5.74, 6) is 0.108. The molecule has 88 valence electrons. The summed E-state index contributed by atoms with van der Waals surface area (Å²) in [6.45, 7) is 4.41. The highest BCUT2D eigenvalue weighted by molar-refractivity contribution is 7.14. The first-order valence-electron chi connectivity index (χ1n) is 5.38. The van der Waals surface area contributed by atoms with Gasteiger partial charge in [-0.15, -0.1) is 11.3 Å². The van der Waals surface area contributed by atoms with Gasteiger partial charge in [-0.1, -0.05) is 13.3 Å². The molecule has 1 heterocycles. The number of unbranched alkanes of at least 4 members (excludes halogenated alkanes) is 1. The molecular weight excluding hydrogens is 222 g/mol. The van der Waals surface area contributed by atoms with Crippen LogP contribution in [0.4, 0.5) is 0 Å². The van der Waals surface area contributed by atoms with Crippen molar-refractivity contribution in [2.75, 3.05) is 6.61 Å². The maximum absolute atomic E-state index is 11.1. The van der Waals surface area contributed by atoms with Crippen LogP contribution >= 0.6 is 11.3 Å². The van der Waals surface area contributed by atoms with Crippen molar-refractivity contribution in [2.45, 2.75) is 26.7 Å². The molecule has 16 heavy (non-hydrogen) atoms. The summed E-state index contributed by atoms with van der Waals surface area (Å²) in [6, 6.07) is 3.76. The normalized spacial score (nSPS) is 10.9. The number of ketones is 1. The molecule has 0 aliphatic heterocycles. The van der Waals surface area contributed by atoms with Crippen molar-refractivity contribution in [3.8, 4) is 0 Å². The lowest BCUT2D eigenvalue weighted by Gasteiger charge is -1.99. The van der Waals surface area contributed by atoms with Crippen molar-refractivity contribution < 1.29 is 9.63 Å². The number of nitrogens with one attached hydrogen (secondary N) is 1. The average molecular weight is 239 g/mol. The van der Waals surface area contributed by atoms with Gasteiger partial charge in [0.15, 0.2) is 5.78 Å². The second-order valence-electron chi connectivity index (χ2n) is 3.41. The molecule has 1 aromatic rings. The van der Waals surface area contributed by atoms with Gasteiger partial charge in [-0.2, -0.15) is 0 Å². The van der Waals surface area contributed by atoms with Gasteiger partial charge in [0.25, 0.3) is 0 Å². The molecule has 1 rings (SSSR count). The Morgan fingerprint density at radius 2 is 2.38 bits per heavy atom. The standard InChI is InChI=1S/C12H17NO2S/c1-3-4-9-15-13-8-7-11-5-6-12(16-11)10(2)14/h5-8,13H,3-4,9H2,1-2H3. The fraction of sp³-hybridized carbons (Fsp3) is 0.417. The van der Waals surface area contributed by atoms with Crippen LogP contribution < -0.4 is 5.48 Å². The Morgan fingerprint density at radius 3 is 3.00 bits per heavy atom. The maximum atomic E-state index is 11.1. The van der Waals surface area contributed by atoms with Crippen LogP contribution in [0, 0.1) is 0 Å². The first kappa shape index (κ1) is 12.9. The van der Waals surface area contributed by atoms with Crippen LogP contribution in [0.5, 0.6) is 0 Å². The summed E-state index contributed by atoms with van der Waals surface area (Å²) in [4.78, 5) is 18.0. The third kappa shape index (κ3) is 4.59. The van der Waals surface area contributed by atoms with Crippen LogP contribution in [0.15, 0.2) is 18.3 Å². The van der Waals surface area contributed by atoms with E-state index in [1.54, 1.807) is 13.1 Å². The van der Waals surface area contributed by atoms with E-state index in [2.05, 4.69) is 12.4 Å². The van der Waals surface area contributed by atoms with E-state index in [1.165, 1.54) is 11.3 Å². The van der Waals surface area contributed by atoms with Crippen molar-refractivity contribution in [1.82, 2.24) is 5.48 Å². The van der Waals surface area contributed by atoms with E-state index in [9.17, 15) is 4.79 Å².